The van der Waals surface area contributed by atoms with E-state index in [2.05, 4.69) is 45.4 Å². The normalized spacial score (nSPS) is 32.3. The Morgan fingerprint density at radius 2 is 2.00 bits per heavy atom. The first-order chi connectivity index (χ1) is 21.3. The number of allylic oxidation sites excluding steroid dienone is 1. The second-order valence-electron chi connectivity index (χ2n) is 13.7. The molecule has 9 heteroatoms. The van der Waals surface area contributed by atoms with Crippen LogP contribution in [0.25, 0.3) is 0 Å². The smallest absolute Gasteiger partial charge is 0.254 e. The lowest BCUT2D eigenvalue weighted by Gasteiger charge is -2.52. The highest BCUT2D eigenvalue weighted by atomic mass is 35.5. The highest BCUT2D eigenvalue weighted by Crippen LogP contribution is 2.47. The van der Waals surface area contributed by atoms with Crippen LogP contribution in [-0.2, 0) is 31.4 Å². The van der Waals surface area contributed by atoms with Gasteiger partial charge in [-0.25, -0.2) is 0 Å². The summed E-state index contributed by atoms with van der Waals surface area (Å²) in [5.41, 5.74) is 3.88. The number of anilines is 1. The zero-order valence-electron chi connectivity index (χ0n) is 25.8. The molecule has 1 saturated carbocycles. The number of hydrogen-bond donors (Lipinski definition) is 0. The van der Waals surface area contributed by atoms with Gasteiger partial charge in [-0.3, -0.25) is 9.69 Å². The van der Waals surface area contributed by atoms with Crippen molar-refractivity contribution in [1.82, 2.24) is 4.90 Å². The maximum Gasteiger partial charge on any atom is 0.254 e. The van der Waals surface area contributed by atoms with Crippen molar-refractivity contribution in [3.8, 4) is 5.75 Å². The van der Waals surface area contributed by atoms with Crippen LogP contribution in [0.15, 0.2) is 52.9 Å². The molecule has 2 aromatic rings. The molecule has 7 nitrogen and oxygen atoms in total. The third-order valence-electron chi connectivity index (χ3n) is 10.8. The number of likely N-dealkylation sites (tertiary alicyclic amines) is 1. The highest BCUT2D eigenvalue weighted by Gasteiger charge is 2.46. The second kappa shape index (κ2) is 12.4. The molecule has 0 aromatic heterocycles. The largest absolute Gasteiger partial charge is 0.490 e. The van der Waals surface area contributed by atoms with Crippen LogP contribution in [0, 0.1) is 17.8 Å². The van der Waals surface area contributed by atoms with Gasteiger partial charge >= 0.3 is 0 Å². The first-order valence-corrected chi connectivity index (χ1v) is 17.9. The van der Waals surface area contributed by atoms with E-state index in [0.29, 0.717) is 41.9 Å². The Labute approximate surface area is 268 Å². The van der Waals surface area contributed by atoms with Crippen LogP contribution in [0.5, 0.6) is 5.75 Å². The standard InChI is InChI=1S/C35H43ClN3O4S/c1-23-5-3-7-31(38-18-28(19-38)42-2)29-11-8-26(29)17-39-21-35(14-4-6-24-15-27(36)10-12-30(24)35)22-43-33-13-9-25(16-32(33)39)34(40)37-44(41)20-23/h3,7,9-10,12-13,15-16,23,26,28-29,31H,4-6,8,11,14,17-22H2,1-2H3/q-1/b7-3+/t23-,26-,29+,31?,35-/m0/s1. The summed E-state index contributed by atoms with van der Waals surface area (Å²) < 4.78 is 29.3. The Bertz CT molecular complexity index is 1530. The van der Waals surface area contributed by atoms with Crippen molar-refractivity contribution < 1.29 is 18.5 Å². The quantitative estimate of drug-likeness (QED) is 0.280. The predicted molar refractivity (Wildman–Crippen MR) is 175 cm³/mol. The molecule has 2 fully saturated rings. The SMILES string of the molecule is COC1CN(C2/C=C/C[C@H](C)C[S-](=O)=NC(=O)c3ccc4c(c3)N(C[C@@H]3CC[C@@H]23)C[C@@]2(CCCc3cc(Cl)ccc32)CO4)C1. The number of benzene rings is 2. The van der Waals surface area contributed by atoms with E-state index < -0.39 is 16.5 Å². The fraction of sp³-hybridized carbons (Fsp3) is 0.571. The first-order valence-electron chi connectivity index (χ1n) is 16.2. The number of carbonyl (C=O) groups excluding carboxylic acids is 1. The molecule has 0 radical (unpaired) electrons. The third kappa shape index (κ3) is 5.83. The number of methoxy groups -OCH3 is 1. The molecule has 44 heavy (non-hydrogen) atoms. The number of fused-ring (bicyclic) bond motifs is 4. The molecule has 0 N–H and O–H groups in total. The molecule has 1 saturated heterocycles. The van der Waals surface area contributed by atoms with Gasteiger partial charge in [0.1, 0.15) is 5.75 Å². The number of nitrogens with zero attached hydrogens (tertiary/aromatic N) is 3. The van der Waals surface area contributed by atoms with E-state index in [1.807, 2.05) is 18.2 Å². The van der Waals surface area contributed by atoms with Crippen molar-refractivity contribution in [3.05, 3.63) is 70.3 Å². The summed E-state index contributed by atoms with van der Waals surface area (Å²) in [6, 6.07) is 12.3. The van der Waals surface area contributed by atoms with E-state index in [0.717, 1.165) is 68.3 Å². The molecule has 2 bridgehead atoms. The summed E-state index contributed by atoms with van der Waals surface area (Å²) in [5, 5.41) is 0.778. The van der Waals surface area contributed by atoms with Crippen molar-refractivity contribution in [2.45, 2.75) is 63.0 Å². The van der Waals surface area contributed by atoms with Crippen LogP contribution >= 0.6 is 11.6 Å². The van der Waals surface area contributed by atoms with Gasteiger partial charge in [-0.1, -0.05) is 48.4 Å². The van der Waals surface area contributed by atoms with Crippen LogP contribution in [0.4, 0.5) is 5.69 Å². The van der Waals surface area contributed by atoms with Crippen LogP contribution in [-0.4, -0.2) is 68.6 Å². The van der Waals surface area contributed by atoms with E-state index in [-0.39, 0.29) is 11.3 Å². The maximum atomic E-state index is 13.3. The Morgan fingerprint density at radius 1 is 1.14 bits per heavy atom. The minimum Gasteiger partial charge on any atom is -0.490 e. The number of hydrogen-bond acceptors (Lipinski definition) is 7. The van der Waals surface area contributed by atoms with Gasteiger partial charge in [-0.2, -0.15) is 10.6 Å². The lowest BCUT2D eigenvalue weighted by atomic mass is 9.67. The molecule has 5 aliphatic rings. The van der Waals surface area contributed by atoms with Crippen molar-refractivity contribution >= 4 is 33.8 Å². The molecule has 1 spiro atoms. The van der Waals surface area contributed by atoms with E-state index in [4.69, 9.17) is 21.1 Å². The average Bonchev–Trinajstić information content (AvgIpc) is 3.11. The number of ether oxygens (including phenoxy) is 2. The molecule has 5 atom stereocenters. The summed E-state index contributed by atoms with van der Waals surface area (Å²) in [5.74, 6) is 1.97. The molecule has 236 valence electrons. The van der Waals surface area contributed by atoms with Crippen molar-refractivity contribution in [3.63, 3.8) is 0 Å². The third-order valence-corrected chi connectivity index (χ3v) is 12.2. The molecule has 1 amide bonds. The van der Waals surface area contributed by atoms with E-state index in [1.165, 1.54) is 24.0 Å². The number of carbonyl (C=O) groups is 1. The Hall–Kier alpha value is -2.39. The minimum atomic E-state index is -1.58. The molecule has 1 unspecified atom stereocenters. The zero-order valence-corrected chi connectivity index (χ0v) is 27.3. The van der Waals surface area contributed by atoms with E-state index >= 15 is 0 Å². The summed E-state index contributed by atoms with van der Waals surface area (Å²) in [6.45, 7) is 6.29. The fourth-order valence-electron chi connectivity index (χ4n) is 8.14. The van der Waals surface area contributed by atoms with Crippen LogP contribution < -0.4 is 9.64 Å². The molecule has 3 aliphatic heterocycles. The number of amides is 1. The number of rotatable bonds is 2. The fourth-order valence-corrected chi connectivity index (χ4v) is 9.33. The second-order valence-corrected chi connectivity index (χ2v) is 15.3. The zero-order chi connectivity index (χ0) is 30.4. The molecular formula is C35H43ClN3O4S-. The lowest BCUT2D eigenvalue weighted by Crippen LogP contribution is -2.60. The van der Waals surface area contributed by atoms with Crippen molar-refractivity contribution in [1.29, 1.82) is 0 Å². The van der Waals surface area contributed by atoms with Crippen molar-refractivity contribution in [2.24, 2.45) is 22.1 Å². The van der Waals surface area contributed by atoms with Crippen LogP contribution in [0.1, 0.15) is 60.5 Å². The van der Waals surface area contributed by atoms with Gasteiger partial charge in [0.25, 0.3) is 5.91 Å². The molecule has 7 rings (SSSR count). The van der Waals surface area contributed by atoms with E-state index in [1.54, 1.807) is 13.2 Å². The van der Waals surface area contributed by atoms with Gasteiger partial charge in [-0.15, -0.1) is 0 Å². The van der Waals surface area contributed by atoms with Gasteiger partial charge in [0.05, 0.1) is 18.4 Å². The molecule has 2 aromatic carbocycles. The van der Waals surface area contributed by atoms with Gasteiger partial charge < -0.3 is 22.9 Å². The minimum absolute atomic E-state index is 0.165. The molecule has 3 heterocycles. The predicted octanol–water partition coefficient (Wildman–Crippen LogP) is 6.42. The molecule has 2 aliphatic carbocycles. The Kier molecular flexibility index (Phi) is 8.55. The monoisotopic (exact) mass is 636 g/mol. The summed E-state index contributed by atoms with van der Waals surface area (Å²) in [6.07, 6.45) is 11.3. The van der Waals surface area contributed by atoms with Crippen LogP contribution in [0.3, 0.4) is 0 Å². The highest BCUT2D eigenvalue weighted by molar-refractivity contribution is 7.75. The average molecular weight is 637 g/mol. The number of aryl methyl sites for hydroxylation is 1. The summed E-state index contributed by atoms with van der Waals surface area (Å²) in [4.78, 5) is 18.3. The van der Waals surface area contributed by atoms with Crippen LogP contribution in [0.2, 0.25) is 5.02 Å². The van der Waals surface area contributed by atoms with Gasteiger partial charge in [0.15, 0.2) is 0 Å². The summed E-state index contributed by atoms with van der Waals surface area (Å²) >= 11 is 6.45. The van der Waals surface area contributed by atoms with Gasteiger partial charge in [0.2, 0.25) is 0 Å². The number of halogens is 1. The Balaban J connectivity index is 1.28. The topological polar surface area (TPSA) is 71.4 Å². The summed E-state index contributed by atoms with van der Waals surface area (Å²) in [7, 11) is 0.226. The maximum absolute atomic E-state index is 13.3. The van der Waals surface area contributed by atoms with Gasteiger partial charge in [0, 0.05) is 55.3 Å². The van der Waals surface area contributed by atoms with Gasteiger partial charge in [-0.05, 0) is 91.8 Å². The van der Waals surface area contributed by atoms with E-state index in [9.17, 15) is 9.00 Å². The van der Waals surface area contributed by atoms with Crippen molar-refractivity contribution in [2.75, 3.05) is 50.5 Å². The lowest BCUT2D eigenvalue weighted by molar-refractivity contribution is -0.0675. The first kappa shape index (κ1) is 30.3. The molecular weight excluding hydrogens is 594 g/mol. The Morgan fingerprint density at radius 3 is 2.80 bits per heavy atom.